The molecule has 1 aliphatic carbocycles. The lowest BCUT2D eigenvalue weighted by Crippen LogP contribution is -2.53. The standard InChI is InChI=1S/C17H30N4O5/c1-10(2)9-13(14(18)22)21-16(24)12(20-15(23)11-6-7-11)5-3-4-8-19-17(25)26/h10-13,19H,3-9H2,1-2H3,(H2,18,22)(H,20,23)(H,21,24)(H,25,26). The van der Waals surface area contributed by atoms with E-state index in [-0.39, 0.29) is 24.3 Å². The molecule has 0 spiro atoms. The molecule has 1 saturated carbocycles. The molecule has 9 nitrogen and oxygen atoms in total. The van der Waals surface area contributed by atoms with Crippen LogP contribution in [0.5, 0.6) is 0 Å². The van der Waals surface area contributed by atoms with E-state index >= 15 is 0 Å². The summed E-state index contributed by atoms with van der Waals surface area (Å²) in [5.41, 5.74) is 5.36. The number of amides is 4. The van der Waals surface area contributed by atoms with Crippen molar-refractivity contribution in [1.29, 1.82) is 0 Å². The summed E-state index contributed by atoms with van der Waals surface area (Å²) in [6.07, 6.45) is 2.42. The highest BCUT2D eigenvalue weighted by atomic mass is 16.4. The average molecular weight is 370 g/mol. The van der Waals surface area contributed by atoms with E-state index in [1.54, 1.807) is 0 Å². The second kappa shape index (κ2) is 10.6. The highest BCUT2D eigenvalue weighted by molar-refractivity contribution is 5.92. The molecule has 26 heavy (non-hydrogen) atoms. The van der Waals surface area contributed by atoms with Gasteiger partial charge >= 0.3 is 6.09 Å². The van der Waals surface area contributed by atoms with Crippen LogP contribution in [0.15, 0.2) is 0 Å². The molecule has 1 aliphatic rings. The lowest BCUT2D eigenvalue weighted by molar-refractivity contribution is -0.132. The molecule has 6 N–H and O–H groups in total. The summed E-state index contributed by atoms with van der Waals surface area (Å²) in [7, 11) is 0. The van der Waals surface area contributed by atoms with Crippen molar-refractivity contribution < 1.29 is 24.3 Å². The van der Waals surface area contributed by atoms with Gasteiger partial charge in [-0.15, -0.1) is 0 Å². The maximum absolute atomic E-state index is 12.5. The summed E-state index contributed by atoms with van der Waals surface area (Å²) in [6, 6.07) is -1.54. The molecule has 0 aliphatic heterocycles. The Morgan fingerprint density at radius 3 is 2.23 bits per heavy atom. The molecule has 4 amide bonds. The summed E-state index contributed by atoms with van der Waals surface area (Å²) < 4.78 is 0. The van der Waals surface area contributed by atoms with Gasteiger partial charge in [-0.05, 0) is 44.4 Å². The number of carboxylic acid groups (broad SMARTS) is 1. The number of primary amides is 1. The van der Waals surface area contributed by atoms with E-state index in [1.807, 2.05) is 13.8 Å². The molecule has 1 fully saturated rings. The number of hydrogen-bond donors (Lipinski definition) is 5. The molecular formula is C17H30N4O5. The second-order valence-electron chi connectivity index (χ2n) is 7.16. The molecule has 0 aromatic rings. The zero-order valence-electron chi connectivity index (χ0n) is 15.4. The Morgan fingerprint density at radius 2 is 1.73 bits per heavy atom. The summed E-state index contributed by atoms with van der Waals surface area (Å²) in [5.74, 6) is -1.07. The lowest BCUT2D eigenvalue weighted by atomic mass is 10.0. The second-order valence-corrected chi connectivity index (χ2v) is 7.16. The van der Waals surface area contributed by atoms with Gasteiger partial charge in [-0.25, -0.2) is 4.79 Å². The number of nitrogens with one attached hydrogen (secondary N) is 3. The predicted octanol–water partition coefficient (Wildman–Crippen LogP) is 0.335. The van der Waals surface area contributed by atoms with Gasteiger partial charge < -0.3 is 26.8 Å². The minimum absolute atomic E-state index is 0.0402. The SMILES string of the molecule is CC(C)CC(NC(=O)C(CCCCNC(=O)O)NC(=O)C1CC1)C(N)=O. The predicted molar refractivity (Wildman–Crippen MR) is 95.1 cm³/mol. The molecule has 0 radical (unpaired) electrons. The molecule has 0 aromatic heterocycles. The van der Waals surface area contributed by atoms with Gasteiger partial charge in [0, 0.05) is 12.5 Å². The smallest absolute Gasteiger partial charge is 0.404 e. The Labute approximate surface area is 153 Å². The van der Waals surface area contributed by atoms with E-state index < -0.39 is 30.0 Å². The van der Waals surface area contributed by atoms with Crippen molar-refractivity contribution in [1.82, 2.24) is 16.0 Å². The van der Waals surface area contributed by atoms with Gasteiger partial charge in [-0.3, -0.25) is 14.4 Å². The molecule has 0 saturated heterocycles. The maximum atomic E-state index is 12.5. The normalized spacial score (nSPS) is 15.8. The Balaban J connectivity index is 2.59. The van der Waals surface area contributed by atoms with Crippen molar-refractivity contribution in [2.24, 2.45) is 17.6 Å². The van der Waals surface area contributed by atoms with Crippen LogP contribution in [0, 0.1) is 11.8 Å². The van der Waals surface area contributed by atoms with Gasteiger partial charge in [0.15, 0.2) is 0 Å². The van der Waals surface area contributed by atoms with Crippen molar-refractivity contribution in [2.75, 3.05) is 6.54 Å². The quantitative estimate of drug-likeness (QED) is 0.314. The first-order valence-corrected chi connectivity index (χ1v) is 9.07. The number of nitrogens with two attached hydrogens (primary N) is 1. The fourth-order valence-corrected chi connectivity index (χ4v) is 2.56. The van der Waals surface area contributed by atoms with Gasteiger partial charge in [0.05, 0.1) is 0 Å². The van der Waals surface area contributed by atoms with E-state index in [9.17, 15) is 19.2 Å². The van der Waals surface area contributed by atoms with Crippen molar-refractivity contribution in [3.8, 4) is 0 Å². The summed E-state index contributed by atoms with van der Waals surface area (Å²) in [4.78, 5) is 46.6. The number of unbranched alkanes of at least 4 members (excludes halogenated alkanes) is 1. The number of hydrogen-bond acceptors (Lipinski definition) is 4. The van der Waals surface area contributed by atoms with Crippen LogP contribution < -0.4 is 21.7 Å². The molecule has 0 bridgehead atoms. The molecule has 2 unspecified atom stereocenters. The first-order valence-electron chi connectivity index (χ1n) is 9.07. The minimum Gasteiger partial charge on any atom is -0.465 e. The molecule has 2 atom stereocenters. The Kier molecular flexibility index (Phi) is 8.87. The average Bonchev–Trinajstić information content (AvgIpc) is 3.36. The van der Waals surface area contributed by atoms with E-state index in [0.717, 1.165) is 12.8 Å². The summed E-state index contributed by atoms with van der Waals surface area (Å²) >= 11 is 0. The van der Waals surface area contributed by atoms with Gasteiger partial charge in [-0.2, -0.15) is 0 Å². The molecule has 148 valence electrons. The first kappa shape index (κ1) is 21.7. The monoisotopic (exact) mass is 370 g/mol. The fourth-order valence-electron chi connectivity index (χ4n) is 2.56. The lowest BCUT2D eigenvalue weighted by Gasteiger charge is -2.23. The van der Waals surface area contributed by atoms with Crippen molar-refractivity contribution in [2.45, 2.75) is 64.5 Å². The van der Waals surface area contributed by atoms with Gasteiger partial charge in [0.2, 0.25) is 17.7 Å². The Bertz CT molecular complexity index is 519. The zero-order chi connectivity index (χ0) is 19.7. The topological polar surface area (TPSA) is 151 Å². The number of rotatable bonds is 12. The highest BCUT2D eigenvalue weighted by Gasteiger charge is 2.33. The third-order valence-electron chi connectivity index (χ3n) is 4.14. The van der Waals surface area contributed by atoms with Crippen LogP contribution in [0.4, 0.5) is 4.79 Å². The first-order chi connectivity index (χ1) is 12.2. The maximum Gasteiger partial charge on any atom is 0.404 e. The third-order valence-corrected chi connectivity index (χ3v) is 4.14. The highest BCUT2D eigenvalue weighted by Crippen LogP contribution is 2.29. The van der Waals surface area contributed by atoms with Crippen LogP contribution in [0.1, 0.15) is 52.4 Å². The van der Waals surface area contributed by atoms with Crippen LogP contribution >= 0.6 is 0 Å². The van der Waals surface area contributed by atoms with E-state index in [2.05, 4.69) is 16.0 Å². The molecule has 1 rings (SSSR count). The summed E-state index contributed by atoms with van der Waals surface area (Å²) in [5, 5.41) is 16.2. The molecular weight excluding hydrogens is 340 g/mol. The molecule has 0 heterocycles. The molecule has 9 heteroatoms. The van der Waals surface area contributed by atoms with Crippen molar-refractivity contribution >= 4 is 23.8 Å². The Morgan fingerprint density at radius 1 is 1.08 bits per heavy atom. The Hall–Kier alpha value is -2.32. The van der Waals surface area contributed by atoms with Crippen LogP contribution in [-0.2, 0) is 14.4 Å². The van der Waals surface area contributed by atoms with E-state index in [1.165, 1.54) is 0 Å². The van der Waals surface area contributed by atoms with Gasteiger partial charge in [-0.1, -0.05) is 13.8 Å². The summed E-state index contributed by atoms with van der Waals surface area (Å²) in [6.45, 7) is 4.12. The number of carbonyl (C=O) groups excluding carboxylic acids is 3. The van der Waals surface area contributed by atoms with Gasteiger partial charge in [0.25, 0.3) is 0 Å². The van der Waals surface area contributed by atoms with Crippen LogP contribution in [-0.4, -0.2) is 47.5 Å². The van der Waals surface area contributed by atoms with Crippen molar-refractivity contribution in [3.63, 3.8) is 0 Å². The zero-order valence-corrected chi connectivity index (χ0v) is 15.4. The van der Waals surface area contributed by atoms with Crippen LogP contribution in [0.3, 0.4) is 0 Å². The molecule has 0 aromatic carbocycles. The van der Waals surface area contributed by atoms with E-state index in [0.29, 0.717) is 25.7 Å². The van der Waals surface area contributed by atoms with Crippen molar-refractivity contribution in [3.05, 3.63) is 0 Å². The van der Waals surface area contributed by atoms with Gasteiger partial charge in [0.1, 0.15) is 12.1 Å². The number of carbonyl (C=O) groups is 4. The fraction of sp³-hybridized carbons (Fsp3) is 0.765. The van der Waals surface area contributed by atoms with Crippen LogP contribution in [0.2, 0.25) is 0 Å². The third kappa shape index (κ3) is 8.68. The minimum atomic E-state index is -1.10. The van der Waals surface area contributed by atoms with E-state index in [4.69, 9.17) is 10.8 Å². The largest absolute Gasteiger partial charge is 0.465 e. The van der Waals surface area contributed by atoms with Crippen LogP contribution in [0.25, 0.3) is 0 Å².